The highest BCUT2D eigenvalue weighted by molar-refractivity contribution is 5.76. The van der Waals surface area contributed by atoms with Gasteiger partial charge in [-0.15, -0.1) is 0 Å². The Morgan fingerprint density at radius 3 is 2.70 bits per heavy atom. The summed E-state index contributed by atoms with van der Waals surface area (Å²) in [5.74, 6) is 2.15. The molecule has 3 rings (SSSR count). The molecule has 2 heterocycles. The number of aryl methyl sites for hydroxylation is 1. The largest absolute Gasteiger partial charge is 0.353 e. The minimum atomic E-state index is 0.146. The maximum atomic E-state index is 12.2. The average molecular weight is 370 g/mol. The number of carbonyl (C=O) groups excluding carboxylic acids is 1. The van der Waals surface area contributed by atoms with Gasteiger partial charge in [0, 0.05) is 32.0 Å². The average Bonchev–Trinajstić information content (AvgIpc) is 3.08. The van der Waals surface area contributed by atoms with E-state index in [1.807, 2.05) is 18.2 Å². The lowest BCUT2D eigenvalue weighted by molar-refractivity contribution is -0.122. The van der Waals surface area contributed by atoms with Crippen LogP contribution in [0.2, 0.25) is 0 Å². The molecule has 146 valence electrons. The van der Waals surface area contributed by atoms with Crippen LogP contribution >= 0.6 is 0 Å². The summed E-state index contributed by atoms with van der Waals surface area (Å²) in [7, 11) is 0. The minimum Gasteiger partial charge on any atom is -0.353 e. The summed E-state index contributed by atoms with van der Waals surface area (Å²) in [4.78, 5) is 19.0. The molecule has 1 fully saturated rings. The van der Waals surface area contributed by atoms with Crippen LogP contribution in [-0.2, 0) is 24.2 Å². The van der Waals surface area contributed by atoms with Crippen LogP contribution in [0.3, 0.4) is 0 Å². The van der Waals surface area contributed by atoms with Crippen LogP contribution in [0.4, 0.5) is 0 Å². The Bertz CT molecular complexity index is 706. The number of likely N-dealkylation sites (tertiary alicyclic amines) is 1. The van der Waals surface area contributed by atoms with Gasteiger partial charge in [0.1, 0.15) is 0 Å². The molecule has 1 aliphatic heterocycles. The summed E-state index contributed by atoms with van der Waals surface area (Å²) in [5.41, 5.74) is 1.21. The van der Waals surface area contributed by atoms with E-state index >= 15 is 0 Å². The lowest BCUT2D eigenvalue weighted by atomic mass is 10.0. The molecule has 1 saturated heterocycles. The maximum Gasteiger partial charge on any atom is 0.240 e. The zero-order chi connectivity index (χ0) is 19.1. The standard InChI is InChI=1S/C21H30N4O2/c1-16(2)14-19-23-21(27-24-19)15-25-12-10-18(11-13-25)22-20(26)9-8-17-6-4-3-5-7-17/h3-7,16,18H,8-15H2,1-2H3,(H,22,26). The van der Waals surface area contributed by atoms with Crippen LogP contribution < -0.4 is 5.32 Å². The molecule has 1 aromatic carbocycles. The summed E-state index contributed by atoms with van der Waals surface area (Å²) in [6.07, 6.45) is 4.11. The molecule has 1 aromatic heterocycles. The van der Waals surface area contributed by atoms with E-state index in [0.717, 1.165) is 44.6 Å². The van der Waals surface area contributed by atoms with Gasteiger partial charge in [0.2, 0.25) is 11.8 Å². The molecule has 1 aliphatic rings. The zero-order valence-electron chi connectivity index (χ0n) is 16.4. The van der Waals surface area contributed by atoms with Gasteiger partial charge in [-0.3, -0.25) is 9.69 Å². The number of amides is 1. The molecule has 6 heteroatoms. The lowest BCUT2D eigenvalue weighted by Crippen LogP contribution is -2.44. The second-order valence-electron chi connectivity index (χ2n) is 7.81. The molecule has 0 radical (unpaired) electrons. The first-order valence-electron chi connectivity index (χ1n) is 9.95. The highest BCUT2D eigenvalue weighted by atomic mass is 16.5. The molecule has 27 heavy (non-hydrogen) atoms. The zero-order valence-corrected chi connectivity index (χ0v) is 16.4. The molecule has 0 saturated carbocycles. The van der Waals surface area contributed by atoms with Crippen molar-refractivity contribution in [2.45, 2.75) is 58.5 Å². The number of rotatable bonds is 8. The molecule has 1 amide bonds. The molecule has 0 bridgehead atoms. The van der Waals surface area contributed by atoms with Crippen LogP contribution in [-0.4, -0.2) is 40.1 Å². The van der Waals surface area contributed by atoms with Crippen LogP contribution in [0.25, 0.3) is 0 Å². The monoisotopic (exact) mass is 370 g/mol. The van der Waals surface area contributed by atoms with Crippen LogP contribution in [0.15, 0.2) is 34.9 Å². The number of nitrogens with one attached hydrogen (secondary N) is 1. The van der Waals surface area contributed by atoms with Crippen molar-refractivity contribution in [3.8, 4) is 0 Å². The second-order valence-corrected chi connectivity index (χ2v) is 7.81. The van der Waals surface area contributed by atoms with E-state index in [1.54, 1.807) is 0 Å². The van der Waals surface area contributed by atoms with E-state index in [9.17, 15) is 4.79 Å². The first-order valence-corrected chi connectivity index (χ1v) is 9.95. The number of hydrogen-bond acceptors (Lipinski definition) is 5. The smallest absolute Gasteiger partial charge is 0.240 e. The molecular weight excluding hydrogens is 340 g/mol. The summed E-state index contributed by atoms with van der Waals surface area (Å²) in [6.45, 7) is 6.86. The first-order chi connectivity index (χ1) is 13.1. The Balaban J connectivity index is 1.36. The lowest BCUT2D eigenvalue weighted by Gasteiger charge is -2.31. The molecule has 6 nitrogen and oxygen atoms in total. The summed E-state index contributed by atoms with van der Waals surface area (Å²) < 4.78 is 5.36. The number of nitrogens with zero attached hydrogens (tertiary/aromatic N) is 3. The Hall–Kier alpha value is -2.21. The van der Waals surface area contributed by atoms with E-state index in [1.165, 1.54) is 5.56 Å². The molecule has 1 N–H and O–H groups in total. The Morgan fingerprint density at radius 2 is 2.00 bits per heavy atom. The summed E-state index contributed by atoms with van der Waals surface area (Å²) in [6, 6.07) is 10.4. The van der Waals surface area contributed by atoms with Gasteiger partial charge in [-0.2, -0.15) is 4.98 Å². The molecule has 0 spiro atoms. The van der Waals surface area contributed by atoms with Crippen molar-refractivity contribution in [1.29, 1.82) is 0 Å². The molecule has 0 atom stereocenters. The number of aromatic nitrogens is 2. The van der Waals surface area contributed by atoms with Gasteiger partial charge in [-0.25, -0.2) is 0 Å². The van der Waals surface area contributed by atoms with Gasteiger partial charge in [0.25, 0.3) is 0 Å². The van der Waals surface area contributed by atoms with Crippen molar-refractivity contribution < 1.29 is 9.32 Å². The topological polar surface area (TPSA) is 71.3 Å². The van der Waals surface area contributed by atoms with E-state index in [-0.39, 0.29) is 11.9 Å². The van der Waals surface area contributed by atoms with Crippen molar-refractivity contribution in [3.63, 3.8) is 0 Å². The highest BCUT2D eigenvalue weighted by Gasteiger charge is 2.22. The fourth-order valence-corrected chi connectivity index (χ4v) is 3.43. The van der Waals surface area contributed by atoms with Crippen LogP contribution in [0.5, 0.6) is 0 Å². The van der Waals surface area contributed by atoms with E-state index in [0.29, 0.717) is 24.8 Å². The second kappa shape index (κ2) is 9.65. The van der Waals surface area contributed by atoms with Gasteiger partial charge >= 0.3 is 0 Å². The van der Waals surface area contributed by atoms with Crippen molar-refractivity contribution in [2.24, 2.45) is 5.92 Å². The first kappa shape index (κ1) is 19.5. The van der Waals surface area contributed by atoms with Crippen LogP contribution in [0.1, 0.15) is 50.4 Å². The predicted molar refractivity (Wildman–Crippen MR) is 104 cm³/mol. The fourth-order valence-electron chi connectivity index (χ4n) is 3.43. The van der Waals surface area contributed by atoms with Crippen molar-refractivity contribution in [2.75, 3.05) is 13.1 Å². The summed E-state index contributed by atoms with van der Waals surface area (Å²) in [5, 5.41) is 7.23. The molecule has 0 unspecified atom stereocenters. The maximum absolute atomic E-state index is 12.2. The van der Waals surface area contributed by atoms with Gasteiger partial charge in [0.15, 0.2) is 5.82 Å². The number of benzene rings is 1. The Morgan fingerprint density at radius 1 is 1.26 bits per heavy atom. The Kier molecular flexibility index (Phi) is 6.98. The van der Waals surface area contributed by atoms with Crippen LogP contribution in [0, 0.1) is 5.92 Å². The van der Waals surface area contributed by atoms with Crippen molar-refractivity contribution >= 4 is 5.91 Å². The third kappa shape index (κ3) is 6.47. The van der Waals surface area contributed by atoms with Gasteiger partial charge in [-0.1, -0.05) is 49.3 Å². The van der Waals surface area contributed by atoms with Crippen molar-refractivity contribution in [1.82, 2.24) is 20.4 Å². The van der Waals surface area contributed by atoms with Gasteiger partial charge in [0.05, 0.1) is 6.54 Å². The minimum absolute atomic E-state index is 0.146. The normalized spacial score (nSPS) is 16.0. The molecular formula is C21H30N4O2. The van der Waals surface area contributed by atoms with Gasteiger partial charge in [-0.05, 0) is 30.7 Å². The van der Waals surface area contributed by atoms with E-state index < -0.39 is 0 Å². The quantitative estimate of drug-likeness (QED) is 0.773. The number of piperidine rings is 1. The third-order valence-electron chi connectivity index (χ3n) is 4.90. The highest BCUT2D eigenvalue weighted by Crippen LogP contribution is 2.14. The molecule has 2 aromatic rings. The third-order valence-corrected chi connectivity index (χ3v) is 4.90. The predicted octanol–water partition coefficient (Wildman–Crippen LogP) is 2.98. The summed E-state index contributed by atoms with van der Waals surface area (Å²) >= 11 is 0. The van der Waals surface area contributed by atoms with E-state index in [2.05, 4.69) is 46.3 Å². The van der Waals surface area contributed by atoms with Crippen molar-refractivity contribution in [3.05, 3.63) is 47.6 Å². The van der Waals surface area contributed by atoms with Gasteiger partial charge < -0.3 is 9.84 Å². The number of carbonyl (C=O) groups is 1. The number of hydrogen-bond donors (Lipinski definition) is 1. The van der Waals surface area contributed by atoms with E-state index in [4.69, 9.17) is 4.52 Å². The Labute approximate surface area is 161 Å². The SMILES string of the molecule is CC(C)Cc1noc(CN2CCC(NC(=O)CCc3ccccc3)CC2)n1. The molecule has 0 aliphatic carbocycles. The fraction of sp³-hybridized carbons (Fsp3) is 0.571.